The first-order valence-electron chi connectivity index (χ1n) is 3.97. The maximum Gasteiger partial charge on any atom is 0.233 e. The van der Waals surface area contributed by atoms with Gasteiger partial charge in [0.15, 0.2) is 0 Å². The molecule has 0 saturated carbocycles. The highest BCUT2D eigenvalue weighted by Crippen LogP contribution is 2.11. The summed E-state index contributed by atoms with van der Waals surface area (Å²) in [5, 5.41) is 13.0. The molecule has 1 aromatic heterocycles. The summed E-state index contributed by atoms with van der Waals surface area (Å²) in [4.78, 5) is 0. The van der Waals surface area contributed by atoms with Crippen molar-refractivity contribution in [2.24, 2.45) is 0 Å². The lowest BCUT2D eigenvalue weighted by Gasteiger charge is -1.96. The van der Waals surface area contributed by atoms with Gasteiger partial charge in [0.05, 0.1) is 0 Å². The van der Waals surface area contributed by atoms with E-state index in [1.54, 1.807) is 4.68 Å². The third-order valence-corrected chi connectivity index (χ3v) is 1.66. The molecule has 0 aliphatic heterocycles. The molecule has 0 unspecified atom stereocenters. The van der Waals surface area contributed by atoms with Gasteiger partial charge < -0.3 is 5.11 Å². The fourth-order valence-corrected chi connectivity index (χ4v) is 0.945. The predicted molar refractivity (Wildman–Crippen MR) is 43.5 cm³/mol. The molecular weight excluding hydrogens is 140 g/mol. The Kier molecular flexibility index (Phi) is 2.52. The number of nitrogens with zero attached hydrogens (tertiary/aromatic N) is 2. The Morgan fingerprint density at radius 2 is 2.36 bits per heavy atom. The molecule has 0 aliphatic carbocycles. The molecule has 0 fully saturated rings. The van der Waals surface area contributed by atoms with Gasteiger partial charge in [0.2, 0.25) is 5.88 Å². The summed E-state index contributed by atoms with van der Waals surface area (Å²) in [6.07, 6.45) is 4.13. The minimum atomic E-state index is 0.154. The zero-order chi connectivity index (χ0) is 8.27. The molecular formula is C8H14N2O. The second kappa shape index (κ2) is 3.42. The van der Waals surface area contributed by atoms with Crippen LogP contribution in [-0.2, 0) is 6.54 Å². The van der Waals surface area contributed by atoms with Crippen LogP contribution in [-0.4, -0.2) is 14.9 Å². The Hall–Kier alpha value is -0.990. The molecule has 0 aromatic carbocycles. The van der Waals surface area contributed by atoms with Gasteiger partial charge in [-0.05, 0) is 13.3 Å². The standard InChI is InChI=1S/C8H14N2O/c1-3-4-5-10-6-7(2)8(11)9-10/h6H,3-5H2,1-2H3,(H,9,11). The smallest absolute Gasteiger partial charge is 0.233 e. The van der Waals surface area contributed by atoms with E-state index in [0.717, 1.165) is 24.9 Å². The van der Waals surface area contributed by atoms with Crippen LogP contribution in [0.15, 0.2) is 6.20 Å². The lowest BCUT2D eigenvalue weighted by Crippen LogP contribution is -1.96. The van der Waals surface area contributed by atoms with Gasteiger partial charge in [-0.15, -0.1) is 5.10 Å². The molecule has 3 heteroatoms. The first kappa shape index (κ1) is 8.11. The van der Waals surface area contributed by atoms with Crippen molar-refractivity contribution >= 4 is 0 Å². The Morgan fingerprint density at radius 3 is 2.82 bits per heavy atom. The normalized spacial score (nSPS) is 10.4. The molecule has 1 rings (SSSR count). The molecule has 0 atom stereocenters. The molecule has 3 nitrogen and oxygen atoms in total. The highest BCUT2D eigenvalue weighted by atomic mass is 16.3. The van der Waals surface area contributed by atoms with Gasteiger partial charge in [-0.25, -0.2) is 0 Å². The highest BCUT2D eigenvalue weighted by molar-refractivity contribution is 5.18. The fraction of sp³-hybridized carbons (Fsp3) is 0.625. The van der Waals surface area contributed by atoms with Crippen LogP contribution in [0.1, 0.15) is 25.3 Å². The molecule has 1 aromatic rings. The van der Waals surface area contributed by atoms with Crippen molar-refractivity contribution in [1.82, 2.24) is 9.78 Å². The summed E-state index contributed by atoms with van der Waals surface area (Å²) in [7, 11) is 0. The van der Waals surface area contributed by atoms with Gasteiger partial charge in [0.25, 0.3) is 0 Å². The Bertz CT molecular complexity index is 210. The van der Waals surface area contributed by atoms with Crippen molar-refractivity contribution in [2.45, 2.75) is 33.2 Å². The van der Waals surface area contributed by atoms with Crippen LogP contribution >= 0.6 is 0 Å². The van der Waals surface area contributed by atoms with Crippen LogP contribution in [0.25, 0.3) is 0 Å². The second-order valence-electron chi connectivity index (χ2n) is 2.75. The van der Waals surface area contributed by atoms with Crippen molar-refractivity contribution < 1.29 is 5.11 Å². The third-order valence-electron chi connectivity index (χ3n) is 1.66. The van der Waals surface area contributed by atoms with Crippen LogP contribution in [0, 0.1) is 6.92 Å². The quantitative estimate of drug-likeness (QED) is 0.719. The van der Waals surface area contributed by atoms with Gasteiger partial charge in [-0.1, -0.05) is 13.3 Å². The van der Waals surface area contributed by atoms with E-state index >= 15 is 0 Å². The minimum Gasteiger partial charge on any atom is -0.492 e. The van der Waals surface area contributed by atoms with E-state index in [2.05, 4.69) is 12.0 Å². The first-order chi connectivity index (χ1) is 5.24. The zero-order valence-corrected chi connectivity index (χ0v) is 7.04. The van der Waals surface area contributed by atoms with Gasteiger partial charge in [-0.3, -0.25) is 4.68 Å². The summed E-state index contributed by atoms with van der Waals surface area (Å²) in [5.41, 5.74) is 0.848. The van der Waals surface area contributed by atoms with E-state index < -0.39 is 0 Å². The summed E-state index contributed by atoms with van der Waals surface area (Å²) < 4.78 is 1.79. The van der Waals surface area contributed by atoms with Crippen molar-refractivity contribution in [3.63, 3.8) is 0 Å². The largest absolute Gasteiger partial charge is 0.492 e. The Labute approximate surface area is 66.7 Å². The number of rotatable bonds is 3. The van der Waals surface area contributed by atoms with Crippen LogP contribution in [0.5, 0.6) is 5.88 Å². The second-order valence-corrected chi connectivity index (χ2v) is 2.75. The van der Waals surface area contributed by atoms with Gasteiger partial charge in [-0.2, -0.15) is 0 Å². The van der Waals surface area contributed by atoms with Crippen molar-refractivity contribution in [1.29, 1.82) is 0 Å². The predicted octanol–water partition coefficient (Wildman–Crippen LogP) is 1.70. The van der Waals surface area contributed by atoms with E-state index in [9.17, 15) is 0 Å². The number of hydrogen-bond acceptors (Lipinski definition) is 2. The molecule has 1 heterocycles. The molecule has 11 heavy (non-hydrogen) atoms. The van der Waals surface area contributed by atoms with E-state index in [1.165, 1.54) is 0 Å². The minimum absolute atomic E-state index is 0.154. The van der Waals surface area contributed by atoms with Gasteiger partial charge >= 0.3 is 0 Å². The summed E-state index contributed by atoms with van der Waals surface area (Å²) in [6, 6.07) is 0. The average Bonchev–Trinajstić information content (AvgIpc) is 2.28. The Balaban J connectivity index is 2.58. The van der Waals surface area contributed by atoms with E-state index in [-0.39, 0.29) is 5.88 Å². The van der Waals surface area contributed by atoms with Crippen LogP contribution < -0.4 is 0 Å². The summed E-state index contributed by atoms with van der Waals surface area (Å²) in [5.74, 6) is 0.154. The number of aryl methyl sites for hydroxylation is 2. The summed E-state index contributed by atoms with van der Waals surface area (Å²) in [6.45, 7) is 4.89. The van der Waals surface area contributed by atoms with Gasteiger partial charge in [0.1, 0.15) is 0 Å². The van der Waals surface area contributed by atoms with Crippen molar-refractivity contribution in [3.8, 4) is 5.88 Å². The maximum absolute atomic E-state index is 9.11. The van der Waals surface area contributed by atoms with E-state index in [0.29, 0.717) is 0 Å². The zero-order valence-electron chi connectivity index (χ0n) is 7.04. The third kappa shape index (κ3) is 1.97. The van der Waals surface area contributed by atoms with Crippen LogP contribution in [0.3, 0.4) is 0 Å². The molecule has 1 N–H and O–H groups in total. The average molecular weight is 154 g/mol. The molecule has 0 aliphatic rings. The lowest BCUT2D eigenvalue weighted by molar-refractivity contribution is 0.432. The molecule has 0 amide bonds. The lowest BCUT2D eigenvalue weighted by atomic mass is 10.3. The molecule has 0 bridgehead atoms. The molecule has 0 saturated heterocycles. The Morgan fingerprint density at radius 1 is 1.64 bits per heavy atom. The monoisotopic (exact) mass is 154 g/mol. The van der Waals surface area contributed by atoms with E-state index in [1.807, 2.05) is 13.1 Å². The topological polar surface area (TPSA) is 38.0 Å². The van der Waals surface area contributed by atoms with Crippen LogP contribution in [0.4, 0.5) is 0 Å². The number of unbranched alkanes of at least 4 members (excludes halogenated alkanes) is 1. The number of aromatic nitrogens is 2. The van der Waals surface area contributed by atoms with Crippen LogP contribution in [0.2, 0.25) is 0 Å². The van der Waals surface area contributed by atoms with Gasteiger partial charge in [0, 0.05) is 18.3 Å². The first-order valence-corrected chi connectivity index (χ1v) is 3.97. The number of hydrogen-bond donors (Lipinski definition) is 1. The highest BCUT2D eigenvalue weighted by Gasteiger charge is 2.00. The van der Waals surface area contributed by atoms with E-state index in [4.69, 9.17) is 5.11 Å². The molecule has 0 spiro atoms. The summed E-state index contributed by atoms with van der Waals surface area (Å²) >= 11 is 0. The maximum atomic E-state index is 9.11. The number of aromatic hydroxyl groups is 1. The van der Waals surface area contributed by atoms with Crippen molar-refractivity contribution in [2.75, 3.05) is 0 Å². The molecule has 62 valence electrons. The SMILES string of the molecule is CCCCn1cc(C)c(O)n1. The fourth-order valence-electron chi connectivity index (χ4n) is 0.945. The van der Waals surface area contributed by atoms with Crippen molar-refractivity contribution in [3.05, 3.63) is 11.8 Å². The molecule has 0 radical (unpaired) electrons.